The fraction of sp³-hybridized carbons (Fsp3) is 0.0962. The van der Waals surface area contributed by atoms with E-state index in [9.17, 15) is 0 Å². The largest absolute Gasteiger partial charge is 0.350 e. The Morgan fingerprint density at radius 3 is 1.64 bits per heavy atom. The molecule has 2 atom stereocenters. The third-order valence-electron chi connectivity index (χ3n) is 11.5. The predicted octanol–water partition coefficient (Wildman–Crippen LogP) is 12.5. The third kappa shape index (κ3) is 5.85. The highest BCUT2D eigenvalue weighted by atomic mass is 15.3. The molecular weight excluding hydrogens is 667 g/mol. The summed E-state index contributed by atoms with van der Waals surface area (Å²) >= 11 is 0. The van der Waals surface area contributed by atoms with Gasteiger partial charge in [-0.05, 0) is 89.7 Å². The average Bonchev–Trinajstić information content (AvgIpc) is 3.50. The second-order valence-electron chi connectivity index (χ2n) is 15.2. The van der Waals surface area contributed by atoms with Crippen LogP contribution in [0.5, 0.6) is 0 Å². The van der Waals surface area contributed by atoms with Crippen molar-refractivity contribution in [1.82, 2.24) is 10.6 Å². The minimum absolute atomic E-state index is 0.150. The molecule has 0 radical (unpaired) electrons. The van der Waals surface area contributed by atoms with Gasteiger partial charge in [-0.1, -0.05) is 190 Å². The summed E-state index contributed by atoms with van der Waals surface area (Å²) in [5, 5.41) is 10.2. The van der Waals surface area contributed by atoms with Crippen molar-refractivity contribution in [2.75, 3.05) is 0 Å². The number of nitrogens with one attached hydrogen (secondary N) is 2. The molecule has 2 N–H and O–H groups in total. The Hall–Kier alpha value is -6.55. The van der Waals surface area contributed by atoms with Crippen LogP contribution in [-0.2, 0) is 5.41 Å². The lowest BCUT2D eigenvalue weighted by Crippen LogP contribution is -2.45. The molecule has 1 aliphatic heterocycles. The van der Waals surface area contributed by atoms with Gasteiger partial charge in [0.2, 0.25) is 0 Å². The van der Waals surface area contributed by atoms with E-state index >= 15 is 0 Å². The molecule has 1 aliphatic carbocycles. The molecule has 8 aromatic carbocycles. The molecule has 2 aliphatic rings. The van der Waals surface area contributed by atoms with Gasteiger partial charge in [-0.3, -0.25) is 5.32 Å². The monoisotopic (exact) mass is 707 g/mol. The summed E-state index contributed by atoms with van der Waals surface area (Å²) in [5.41, 5.74) is 15.8. The first-order chi connectivity index (χ1) is 27.0. The third-order valence-corrected chi connectivity index (χ3v) is 11.5. The Kier molecular flexibility index (Phi) is 8.04. The highest BCUT2D eigenvalue weighted by Gasteiger charge is 2.39. The molecule has 0 saturated carbocycles. The van der Waals surface area contributed by atoms with Gasteiger partial charge in [0.25, 0.3) is 0 Å². The van der Waals surface area contributed by atoms with E-state index in [-0.39, 0.29) is 17.7 Å². The van der Waals surface area contributed by atoms with Gasteiger partial charge < -0.3 is 5.32 Å². The Morgan fingerprint density at radius 2 is 1.00 bits per heavy atom. The highest BCUT2D eigenvalue weighted by Crippen LogP contribution is 2.55. The van der Waals surface area contributed by atoms with Gasteiger partial charge in [-0.2, -0.15) is 0 Å². The number of hydrogen-bond acceptors (Lipinski definition) is 3. The number of aliphatic imine (C=N–C) groups is 1. The SMILES string of the molecule is CC1(C)c2cc(C3=NC(c4ccc(-c5ccccc5)cc4)NC(c4ccc(-c5ccccc5)cc4)N3)ccc2-c2c(-c3ccccc3)cc3ccccc3c21. The number of amidine groups is 1. The Balaban J connectivity index is 1.07. The van der Waals surface area contributed by atoms with Crippen molar-refractivity contribution in [1.29, 1.82) is 0 Å². The molecule has 0 amide bonds. The minimum Gasteiger partial charge on any atom is -0.350 e. The van der Waals surface area contributed by atoms with Crippen LogP contribution in [0.4, 0.5) is 0 Å². The summed E-state index contributed by atoms with van der Waals surface area (Å²) in [7, 11) is 0. The quantitative estimate of drug-likeness (QED) is 0.180. The van der Waals surface area contributed by atoms with Gasteiger partial charge in [-0.15, -0.1) is 0 Å². The maximum Gasteiger partial charge on any atom is 0.131 e. The van der Waals surface area contributed by atoms with Crippen molar-refractivity contribution >= 4 is 16.6 Å². The molecule has 0 spiro atoms. The van der Waals surface area contributed by atoms with E-state index in [4.69, 9.17) is 4.99 Å². The van der Waals surface area contributed by atoms with Gasteiger partial charge >= 0.3 is 0 Å². The Labute approximate surface area is 323 Å². The van der Waals surface area contributed by atoms with Crippen LogP contribution < -0.4 is 10.6 Å². The zero-order chi connectivity index (χ0) is 36.9. The summed E-state index contributed by atoms with van der Waals surface area (Å²) in [5.74, 6) is 0.885. The first-order valence-electron chi connectivity index (χ1n) is 19.2. The second kappa shape index (κ2) is 13.4. The van der Waals surface area contributed by atoms with Gasteiger partial charge in [0.1, 0.15) is 18.2 Å². The summed E-state index contributed by atoms with van der Waals surface area (Å²) in [6, 6.07) is 67.9. The van der Waals surface area contributed by atoms with Gasteiger partial charge in [-0.25, -0.2) is 4.99 Å². The van der Waals surface area contributed by atoms with Crippen molar-refractivity contribution in [3.8, 4) is 44.5 Å². The lowest BCUT2D eigenvalue weighted by atomic mass is 9.79. The van der Waals surface area contributed by atoms with Crippen LogP contribution in [0.15, 0.2) is 193 Å². The summed E-state index contributed by atoms with van der Waals surface area (Å²) in [6.07, 6.45) is -0.393. The molecule has 8 aromatic rings. The van der Waals surface area contributed by atoms with Crippen LogP contribution >= 0.6 is 0 Å². The van der Waals surface area contributed by atoms with E-state index < -0.39 is 0 Å². The van der Waals surface area contributed by atoms with E-state index in [1.165, 1.54) is 66.4 Å². The molecule has 3 nitrogen and oxygen atoms in total. The number of rotatable bonds is 6. The smallest absolute Gasteiger partial charge is 0.131 e. The van der Waals surface area contributed by atoms with Crippen LogP contribution in [0.2, 0.25) is 0 Å². The fourth-order valence-corrected chi connectivity index (χ4v) is 8.72. The summed E-state index contributed by atoms with van der Waals surface area (Å²) < 4.78 is 0. The molecular formula is C52H41N3. The molecule has 55 heavy (non-hydrogen) atoms. The van der Waals surface area contributed by atoms with Crippen molar-refractivity contribution in [2.45, 2.75) is 31.6 Å². The second-order valence-corrected chi connectivity index (χ2v) is 15.2. The van der Waals surface area contributed by atoms with E-state index in [0.29, 0.717) is 0 Å². The van der Waals surface area contributed by atoms with E-state index in [0.717, 1.165) is 22.5 Å². The lowest BCUT2D eigenvalue weighted by molar-refractivity contribution is 0.409. The topological polar surface area (TPSA) is 36.4 Å². The first-order valence-corrected chi connectivity index (χ1v) is 19.2. The van der Waals surface area contributed by atoms with Gasteiger partial charge in [0.05, 0.1) is 0 Å². The lowest BCUT2D eigenvalue weighted by Gasteiger charge is -2.32. The Bertz CT molecular complexity index is 2700. The number of benzene rings is 8. The molecule has 2 unspecified atom stereocenters. The molecule has 264 valence electrons. The van der Waals surface area contributed by atoms with E-state index in [2.05, 4.69) is 213 Å². The van der Waals surface area contributed by atoms with Crippen LogP contribution in [0, 0.1) is 0 Å². The first kappa shape index (κ1) is 33.1. The van der Waals surface area contributed by atoms with Crippen LogP contribution in [-0.4, -0.2) is 5.84 Å². The molecule has 0 aromatic heterocycles. The van der Waals surface area contributed by atoms with Crippen LogP contribution in [0.3, 0.4) is 0 Å². The normalized spacial score (nSPS) is 16.9. The van der Waals surface area contributed by atoms with Crippen LogP contribution in [0.1, 0.15) is 54.0 Å². The van der Waals surface area contributed by atoms with Crippen LogP contribution in [0.25, 0.3) is 55.3 Å². The fourth-order valence-electron chi connectivity index (χ4n) is 8.72. The standard InChI is InChI=1S/C52H41N3/c1-52(2)46-33-42(30-31-44(46)47-45(38-18-10-5-11-19-38)32-41-20-12-13-21-43(41)48(47)52)51-54-49(39-26-22-36(23-27-39)34-14-6-3-7-15-34)53-50(55-51)40-28-24-37(25-29-40)35-16-8-4-9-17-35/h3-33,49-50,53H,1-2H3,(H,54,55). The minimum atomic E-state index is -0.244. The van der Waals surface area contributed by atoms with Crippen molar-refractivity contribution in [2.24, 2.45) is 4.99 Å². The van der Waals surface area contributed by atoms with Crippen molar-refractivity contribution in [3.63, 3.8) is 0 Å². The molecule has 10 rings (SSSR count). The zero-order valence-corrected chi connectivity index (χ0v) is 31.0. The molecule has 0 fully saturated rings. The maximum atomic E-state index is 5.40. The summed E-state index contributed by atoms with van der Waals surface area (Å²) in [4.78, 5) is 5.40. The number of nitrogens with zero attached hydrogens (tertiary/aromatic N) is 1. The molecule has 1 heterocycles. The van der Waals surface area contributed by atoms with E-state index in [1.807, 2.05) is 0 Å². The average molecular weight is 708 g/mol. The predicted molar refractivity (Wildman–Crippen MR) is 229 cm³/mol. The molecule has 0 saturated heterocycles. The van der Waals surface area contributed by atoms with Gasteiger partial charge in [0.15, 0.2) is 0 Å². The van der Waals surface area contributed by atoms with Gasteiger partial charge in [0, 0.05) is 11.0 Å². The zero-order valence-electron chi connectivity index (χ0n) is 31.0. The number of hydrogen-bond donors (Lipinski definition) is 2. The molecule has 3 heteroatoms. The number of fused-ring (bicyclic) bond motifs is 5. The highest BCUT2D eigenvalue weighted by molar-refractivity contribution is 6.06. The Morgan fingerprint density at radius 1 is 0.473 bits per heavy atom. The van der Waals surface area contributed by atoms with E-state index in [1.54, 1.807) is 0 Å². The maximum absolute atomic E-state index is 5.40. The summed E-state index contributed by atoms with van der Waals surface area (Å²) in [6.45, 7) is 4.77. The molecule has 0 bridgehead atoms. The van der Waals surface area contributed by atoms with Crippen molar-refractivity contribution < 1.29 is 0 Å². The van der Waals surface area contributed by atoms with Crippen molar-refractivity contribution in [3.05, 3.63) is 216 Å².